The van der Waals surface area contributed by atoms with Crippen LogP contribution in [0.5, 0.6) is 0 Å². The van der Waals surface area contributed by atoms with Crippen LogP contribution in [0, 0.1) is 10.8 Å². The maximum atomic E-state index is 8.35. The summed E-state index contributed by atoms with van der Waals surface area (Å²) in [5, 5.41) is 10.8. The summed E-state index contributed by atoms with van der Waals surface area (Å²) < 4.78 is 8.28. The number of isocyanates is 2. The smallest absolute Gasteiger partial charge is 0.231 e. The molecule has 0 aromatic rings. The van der Waals surface area contributed by atoms with Gasteiger partial charge in [0.2, 0.25) is 12.2 Å². The Morgan fingerprint density at radius 2 is 1.09 bits per heavy atom. The first kappa shape index (κ1) is 22.5. The Bertz CT molecular complexity index is 94.3. The van der Waals surface area contributed by atoms with Crippen molar-refractivity contribution < 1.29 is 14.2 Å². The first-order chi connectivity index (χ1) is 5.24. The first-order valence-corrected chi connectivity index (χ1v) is 3.19. The van der Waals surface area contributed by atoms with E-state index >= 15 is 0 Å². The molecule has 0 radical (unpaired) electrons. The van der Waals surface area contributed by atoms with Crippen molar-refractivity contribution in [3.05, 3.63) is 0 Å². The lowest BCUT2D eigenvalue weighted by atomic mass is 10.6. The zero-order valence-corrected chi connectivity index (χ0v) is 8.05. The number of hydrogen-bond donors (Lipinski definition) is 2. The summed E-state index contributed by atoms with van der Waals surface area (Å²) >= 11 is 0. The Kier molecular flexibility index (Phi) is 296. The summed E-state index contributed by atoms with van der Waals surface area (Å²) in [7, 11) is 0.611. The molecule has 1 atom stereocenters. The molecule has 0 rings (SSSR count). The summed E-state index contributed by atoms with van der Waals surface area (Å²) in [4.78, 5) is 16.7. The molecule has 1 unspecified atom stereocenters. The van der Waals surface area contributed by atoms with Crippen molar-refractivity contribution in [1.29, 1.82) is 10.8 Å². The molecule has 0 aliphatic heterocycles. The van der Waals surface area contributed by atoms with Gasteiger partial charge in [0, 0.05) is 0 Å². The number of hydrogen-bond acceptors (Lipinski definition) is 5. The molecule has 6 heteroatoms. The fourth-order valence-corrected chi connectivity index (χ4v) is 0. The van der Waals surface area contributed by atoms with E-state index in [4.69, 9.17) is 25.0 Å². The quantitative estimate of drug-likeness (QED) is 0.332. The van der Waals surface area contributed by atoms with Crippen molar-refractivity contribution in [3.63, 3.8) is 0 Å². The van der Waals surface area contributed by atoms with Crippen LogP contribution in [0.2, 0.25) is 0 Å². The highest BCUT2D eigenvalue weighted by atomic mass is 31.0. The Balaban J connectivity index is -0.0000000301. The molecular formula is C5H13N2O3P. The Hall–Kier alpha value is -1.01. The highest BCUT2D eigenvalue weighted by molar-refractivity contribution is 7.00. The molecule has 11 heavy (non-hydrogen) atoms. The van der Waals surface area contributed by atoms with Crippen molar-refractivity contribution in [2.75, 3.05) is 0 Å². The lowest BCUT2D eigenvalue weighted by Crippen LogP contribution is -1.27. The lowest BCUT2D eigenvalue weighted by Gasteiger charge is -1.48. The van der Waals surface area contributed by atoms with E-state index < -0.39 is 0 Å². The monoisotopic (exact) mass is 180 g/mol. The first-order valence-electron chi connectivity index (χ1n) is 2.61. The number of nitrogens with one attached hydrogen (secondary N) is 2. The second kappa shape index (κ2) is 145. The van der Waals surface area contributed by atoms with E-state index in [9.17, 15) is 0 Å². The van der Waals surface area contributed by atoms with E-state index in [0.29, 0.717) is 9.12 Å². The van der Waals surface area contributed by atoms with Gasteiger partial charge in [-0.1, -0.05) is 20.3 Å². The minimum absolute atomic E-state index is 0.611. The molecule has 0 saturated carbocycles. The highest BCUT2D eigenvalue weighted by Crippen LogP contribution is 1.56. The maximum Gasteiger partial charge on any atom is 0.231 e. The summed E-state index contributed by atoms with van der Waals surface area (Å²) in [5.74, 6) is 0. The van der Waals surface area contributed by atoms with E-state index in [1.165, 1.54) is 6.42 Å². The average molecular weight is 180 g/mol. The summed E-state index contributed by atoms with van der Waals surface area (Å²) in [6.45, 7) is 4.25. The van der Waals surface area contributed by atoms with Crippen molar-refractivity contribution in [2.24, 2.45) is 0 Å². The lowest BCUT2D eigenvalue weighted by molar-refractivity contribution is 0.562. The van der Waals surface area contributed by atoms with E-state index in [0.717, 1.165) is 12.2 Å². The molecule has 0 aromatic carbocycles. The minimum Gasteiger partial charge on any atom is -0.333 e. The second-order valence-corrected chi connectivity index (χ2v) is 0.911. The minimum atomic E-state index is 0.611. The highest BCUT2D eigenvalue weighted by Gasteiger charge is 1.35. The molecule has 0 saturated heterocycles. The van der Waals surface area contributed by atoms with Gasteiger partial charge in [0.05, 0.1) is 9.12 Å². The van der Waals surface area contributed by atoms with Gasteiger partial charge in [0.1, 0.15) is 0 Å². The van der Waals surface area contributed by atoms with E-state index in [1.807, 2.05) is 0 Å². The molecule has 0 spiro atoms. The third kappa shape index (κ3) is 431. The molecule has 0 aromatic heterocycles. The molecule has 0 bridgehead atoms. The third-order valence-corrected chi connectivity index (χ3v) is 0. The van der Waals surface area contributed by atoms with Crippen LogP contribution in [-0.2, 0) is 14.2 Å². The Labute approximate surface area is 67.4 Å². The van der Waals surface area contributed by atoms with Crippen molar-refractivity contribution in [1.82, 2.24) is 0 Å². The van der Waals surface area contributed by atoms with Gasteiger partial charge in [0.25, 0.3) is 0 Å². The van der Waals surface area contributed by atoms with Crippen LogP contribution in [0.25, 0.3) is 0 Å². The molecule has 0 amide bonds. The molecule has 5 nitrogen and oxygen atoms in total. The zero-order chi connectivity index (χ0) is 10.1. The van der Waals surface area contributed by atoms with Crippen LogP contribution >= 0.6 is 9.12 Å². The summed E-state index contributed by atoms with van der Waals surface area (Å²) in [5.41, 5.74) is 0. The standard InChI is InChI=1S/C3H8.2CHNO.H3OP/c1-3-2;2*2-1-3;1-2/h3H2,1-2H3;2*2H;2H3. The largest absolute Gasteiger partial charge is 0.333 e. The molecular weight excluding hydrogens is 167 g/mol. The molecule has 2 N–H and O–H groups in total. The van der Waals surface area contributed by atoms with Crippen LogP contribution in [0.15, 0.2) is 0 Å². The fourth-order valence-electron chi connectivity index (χ4n) is 0. The van der Waals surface area contributed by atoms with Gasteiger partial charge in [-0.05, 0) is 0 Å². The van der Waals surface area contributed by atoms with Crippen molar-refractivity contribution in [3.8, 4) is 0 Å². The zero-order valence-electron chi connectivity index (χ0n) is 6.64. The van der Waals surface area contributed by atoms with Crippen molar-refractivity contribution >= 4 is 21.3 Å². The topological polar surface area (TPSA) is 98.9 Å². The van der Waals surface area contributed by atoms with Gasteiger partial charge < -0.3 is 4.57 Å². The summed E-state index contributed by atoms with van der Waals surface area (Å²) in [6, 6.07) is 0. The molecule has 0 aliphatic rings. The molecule has 0 fully saturated rings. The van der Waals surface area contributed by atoms with Gasteiger partial charge in [-0.15, -0.1) is 0 Å². The van der Waals surface area contributed by atoms with Gasteiger partial charge in [-0.2, -0.15) is 0 Å². The molecule has 0 aliphatic carbocycles. The predicted molar refractivity (Wildman–Crippen MR) is 44.6 cm³/mol. The van der Waals surface area contributed by atoms with Gasteiger partial charge in [-0.25, -0.2) is 20.4 Å². The SMILES string of the molecule is CCC.N=C=O.N=C=O.O=[PH3]. The van der Waals surface area contributed by atoms with Gasteiger partial charge >= 0.3 is 0 Å². The van der Waals surface area contributed by atoms with Crippen LogP contribution in [-0.4, -0.2) is 12.2 Å². The Morgan fingerprint density at radius 3 is 1.09 bits per heavy atom. The van der Waals surface area contributed by atoms with E-state index in [2.05, 4.69) is 13.8 Å². The average Bonchev–Trinajstić information content (AvgIpc) is 1.96. The maximum absolute atomic E-state index is 8.35. The molecule has 66 valence electrons. The van der Waals surface area contributed by atoms with E-state index in [1.54, 1.807) is 0 Å². The van der Waals surface area contributed by atoms with Crippen LogP contribution in [0.3, 0.4) is 0 Å². The second-order valence-electron chi connectivity index (χ2n) is 0.911. The number of carbonyl (C=O) groups excluding carboxylic acids is 2. The van der Waals surface area contributed by atoms with Gasteiger partial charge in [0.15, 0.2) is 0 Å². The molecule has 0 heterocycles. The normalized spacial score (nSPS) is 3.82. The van der Waals surface area contributed by atoms with E-state index in [-0.39, 0.29) is 0 Å². The summed E-state index contributed by atoms with van der Waals surface area (Å²) in [6.07, 6.45) is 2.75. The van der Waals surface area contributed by atoms with Crippen molar-refractivity contribution in [2.45, 2.75) is 20.3 Å². The fraction of sp³-hybridized carbons (Fsp3) is 0.600. The van der Waals surface area contributed by atoms with Crippen LogP contribution < -0.4 is 0 Å². The third-order valence-electron chi connectivity index (χ3n) is 0. The number of rotatable bonds is 0. The Morgan fingerprint density at radius 1 is 1.09 bits per heavy atom. The van der Waals surface area contributed by atoms with Gasteiger partial charge in [-0.3, -0.25) is 0 Å². The van der Waals surface area contributed by atoms with Crippen LogP contribution in [0.4, 0.5) is 0 Å². The predicted octanol–water partition coefficient (Wildman–Crippen LogP) is 1.16. The van der Waals surface area contributed by atoms with Crippen LogP contribution in [0.1, 0.15) is 20.3 Å².